The van der Waals surface area contributed by atoms with Gasteiger partial charge in [0, 0.05) is 0 Å². The Kier molecular flexibility index (Phi) is 5.00. The highest BCUT2D eigenvalue weighted by Gasteiger charge is 2.19. The lowest BCUT2D eigenvalue weighted by atomic mass is 10.0. The van der Waals surface area contributed by atoms with Crippen LogP contribution >= 0.6 is 43.2 Å². The number of halogens is 3. The van der Waals surface area contributed by atoms with Crippen LogP contribution in [0, 0.1) is 5.82 Å². The fourth-order valence-corrected chi connectivity index (χ4v) is 4.82. The van der Waals surface area contributed by atoms with Crippen molar-refractivity contribution in [2.45, 2.75) is 6.04 Å². The smallest absolute Gasteiger partial charge is 0.165 e. The van der Waals surface area contributed by atoms with Gasteiger partial charge in [-0.3, -0.25) is 0 Å². The number of methoxy groups -OCH3 is 1. The van der Waals surface area contributed by atoms with Crippen molar-refractivity contribution in [1.29, 1.82) is 0 Å². The van der Waals surface area contributed by atoms with Crippen LogP contribution in [0.1, 0.15) is 17.2 Å². The predicted octanol–water partition coefficient (Wildman–Crippen LogP) is 4.73. The van der Waals surface area contributed by atoms with Gasteiger partial charge in [0.25, 0.3) is 0 Å². The lowest BCUT2D eigenvalue weighted by Crippen LogP contribution is -2.17. The quantitative estimate of drug-likeness (QED) is 0.789. The van der Waals surface area contributed by atoms with Crippen LogP contribution in [-0.2, 0) is 0 Å². The second kappa shape index (κ2) is 6.35. The Morgan fingerprint density at radius 2 is 2.05 bits per heavy atom. The molecule has 0 saturated heterocycles. The predicted molar refractivity (Wildman–Crippen MR) is 83.6 cm³/mol. The van der Waals surface area contributed by atoms with Crippen LogP contribution in [0.25, 0.3) is 0 Å². The highest BCUT2D eigenvalue weighted by Crippen LogP contribution is 2.38. The molecule has 0 saturated carbocycles. The van der Waals surface area contributed by atoms with E-state index >= 15 is 0 Å². The van der Waals surface area contributed by atoms with Crippen molar-refractivity contribution in [1.82, 2.24) is 5.32 Å². The van der Waals surface area contributed by atoms with Crippen molar-refractivity contribution in [3.63, 3.8) is 0 Å². The molecule has 0 aliphatic carbocycles. The minimum absolute atomic E-state index is 0.0719. The highest BCUT2D eigenvalue weighted by molar-refractivity contribution is 9.12. The number of hydrogen-bond donors (Lipinski definition) is 1. The summed E-state index contributed by atoms with van der Waals surface area (Å²) in [6.07, 6.45) is 0. The molecule has 0 radical (unpaired) electrons. The molecule has 0 aliphatic heterocycles. The van der Waals surface area contributed by atoms with Gasteiger partial charge in [0.1, 0.15) is 0 Å². The third kappa shape index (κ3) is 3.18. The number of ether oxygens (including phenoxy) is 1. The zero-order valence-electron chi connectivity index (χ0n) is 10.3. The summed E-state index contributed by atoms with van der Waals surface area (Å²) in [4.78, 5) is 0. The van der Waals surface area contributed by atoms with E-state index in [1.54, 1.807) is 17.4 Å². The minimum atomic E-state index is -0.356. The minimum Gasteiger partial charge on any atom is -0.494 e. The van der Waals surface area contributed by atoms with Crippen LogP contribution in [0.2, 0.25) is 0 Å². The van der Waals surface area contributed by atoms with Crippen molar-refractivity contribution in [3.8, 4) is 5.75 Å². The summed E-state index contributed by atoms with van der Waals surface area (Å²) in [7, 11) is 3.31. The molecule has 19 heavy (non-hydrogen) atoms. The molecule has 2 nitrogen and oxygen atoms in total. The molecule has 0 bridgehead atoms. The molecule has 1 heterocycles. The van der Waals surface area contributed by atoms with E-state index in [4.69, 9.17) is 4.74 Å². The van der Waals surface area contributed by atoms with Crippen molar-refractivity contribution in [2.75, 3.05) is 14.2 Å². The number of benzene rings is 1. The number of nitrogens with one attached hydrogen (secondary N) is 1. The number of rotatable bonds is 4. The van der Waals surface area contributed by atoms with E-state index in [-0.39, 0.29) is 17.6 Å². The van der Waals surface area contributed by atoms with Crippen LogP contribution in [0.5, 0.6) is 5.75 Å². The zero-order valence-corrected chi connectivity index (χ0v) is 14.3. The first kappa shape index (κ1) is 15.0. The molecule has 1 aromatic heterocycles. The van der Waals surface area contributed by atoms with Crippen molar-refractivity contribution in [3.05, 3.63) is 48.8 Å². The maximum atomic E-state index is 13.8. The first-order chi connectivity index (χ1) is 9.06. The van der Waals surface area contributed by atoms with Gasteiger partial charge >= 0.3 is 0 Å². The summed E-state index contributed by atoms with van der Waals surface area (Å²) >= 11 is 8.58. The van der Waals surface area contributed by atoms with Crippen LogP contribution in [0.4, 0.5) is 4.39 Å². The summed E-state index contributed by atoms with van der Waals surface area (Å²) in [5, 5.41) is 3.20. The average molecular weight is 409 g/mol. The maximum Gasteiger partial charge on any atom is 0.165 e. The van der Waals surface area contributed by atoms with E-state index in [1.807, 2.05) is 19.2 Å². The maximum absolute atomic E-state index is 13.8. The largest absolute Gasteiger partial charge is 0.494 e. The van der Waals surface area contributed by atoms with Gasteiger partial charge < -0.3 is 10.1 Å². The molecule has 1 N–H and O–H groups in total. The van der Waals surface area contributed by atoms with E-state index < -0.39 is 0 Å². The lowest BCUT2D eigenvalue weighted by Gasteiger charge is -2.17. The van der Waals surface area contributed by atoms with E-state index in [0.717, 1.165) is 18.7 Å². The Labute approximate surface area is 132 Å². The van der Waals surface area contributed by atoms with Gasteiger partial charge in [0.15, 0.2) is 11.6 Å². The average Bonchev–Trinajstić information content (AvgIpc) is 2.70. The topological polar surface area (TPSA) is 21.3 Å². The summed E-state index contributed by atoms with van der Waals surface area (Å²) in [6.45, 7) is 0. The Bertz CT molecular complexity index is 588. The molecule has 0 aliphatic rings. The summed E-state index contributed by atoms with van der Waals surface area (Å²) in [6, 6.07) is 6.96. The fourth-order valence-electron chi connectivity index (χ4n) is 1.91. The molecule has 102 valence electrons. The SMILES string of the molecule is CNC(c1ccc(OC)c(F)c1)c1cc(Br)sc1Br. The third-order valence-corrected chi connectivity index (χ3v) is 5.18. The molecule has 0 fully saturated rings. The van der Waals surface area contributed by atoms with Gasteiger partial charge in [-0.05, 0) is 68.2 Å². The third-order valence-electron chi connectivity index (χ3n) is 2.79. The van der Waals surface area contributed by atoms with E-state index in [2.05, 4.69) is 37.2 Å². The van der Waals surface area contributed by atoms with Gasteiger partial charge in [-0.1, -0.05) is 6.07 Å². The molecule has 2 rings (SSSR count). The van der Waals surface area contributed by atoms with Gasteiger partial charge in [-0.25, -0.2) is 4.39 Å². The monoisotopic (exact) mass is 407 g/mol. The summed E-state index contributed by atoms with van der Waals surface area (Å²) in [5.74, 6) is -0.102. The number of hydrogen-bond acceptors (Lipinski definition) is 3. The molecule has 0 amide bonds. The van der Waals surface area contributed by atoms with Crippen molar-refractivity contribution >= 4 is 43.2 Å². The van der Waals surface area contributed by atoms with Gasteiger partial charge in [0.05, 0.1) is 20.7 Å². The Morgan fingerprint density at radius 3 is 2.53 bits per heavy atom. The fraction of sp³-hybridized carbons (Fsp3) is 0.231. The molecule has 1 aromatic carbocycles. The van der Waals surface area contributed by atoms with E-state index in [1.165, 1.54) is 13.2 Å². The lowest BCUT2D eigenvalue weighted by molar-refractivity contribution is 0.386. The van der Waals surface area contributed by atoms with Crippen LogP contribution in [0.3, 0.4) is 0 Å². The second-order valence-corrected chi connectivity index (χ2v) is 7.64. The van der Waals surface area contributed by atoms with Gasteiger partial charge in [0.2, 0.25) is 0 Å². The summed E-state index contributed by atoms with van der Waals surface area (Å²) < 4.78 is 20.8. The second-order valence-electron chi connectivity index (χ2n) is 3.90. The molecule has 6 heteroatoms. The highest BCUT2D eigenvalue weighted by atomic mass is 79.9. The van der Waals surface area contributed by atoms with Crippen molar-refractivity contribution < 1.29 is 9.13 Å². The Hall–Kier alpha value is -0.430. The molecule has 1 atom stereocenters. The van der Waals surface area contributed by atoms with E-state index in [9.17, 15) is 4.39 Å². The first-order valence-electron chi connectivity index (χ1n) is 5.52. The Balaban J connectivity index is 2.42. The zero-order chi connectivity index (χ0) is 14.0. The normalized spacial score (nSPS) is 12.5. The van der Waals surface area contributed by atoms with Crippen LogP contribution < -0.4 is 10.1 Å². The molecule has 1 unspecified atom stereocenters. The van der Waals surface area contributed by atoms with Gasteiger partial charge in [-0.2, -0.15) is 0 Å². The molecular formula is C13H12Br2FNOS. The molecular weight excluding hydrogens is 397 g/mol. The molecule has 0 spiro atoms. The summed E-state index contributed by atoms with van der Waals surface area (Å²) in [5.41, 5.74) is 1.93. The Morgan fingerprint density at radius 1 is 1.32 bits per heavy atom. The standard InChI is InChI=1S/C13H12Br2FNOS/c1-17-12(8-6-11(14)19-13(8)15)7-3-4-10(18-2)9(16)5-7/h3-6,12,17H,1-2H3. The van der Waals surface area contributed by atoms with Crippen LogP contribution in [0.15, 0.2) is 31.8 Å². The van der Waals surface area contributed by atoms with E-state index in [0.29, 0.717) is 0 Å². The van der Waals surface area contributed by atoms with Crippen molar-refractivity contribution in [2.24, 2.45) is 0 Å². The van der Waals surface area contributed by atoms with Crippen LogP contribution in [-0.4, -0.2) is 14.2 Å². The first-order valence-corrected chi connectivity index (χ1v) is 7.92. The van der Waals surface area contributed by atoms with Gasteiger partial charge in [-0.15, -0.1) is 11.3 Å². The number of thiophene rings is 1. The molecule has 2 aromatic rings.